The van der Waals surface area contributed by atoms with Crippen molar-refractivity contribution in [3.63, 3.8) is 0 Å². The van der Waals surface area contributed by atoms with Gasteiger partial charge in [-0.15, -0.1) is 0 Å². The summed E-state index contributed by atoms with van der Waals surface area (Å²) in [6, 6.07) is 8.89. The quantitative estimate of drug-likeness (QED) is 0.707. The molecule has 4 heteroatoms. The van der Waals surface area contributed by atoms with E-state index in [1.165, 1.54) is 0 Å². The Morgan fingerprint density at radius 1 is 1.08 bits per heavy atom. The Balaban J connectivity index is 2.64. The fourth-order valence-corrected chi connectivity index (χ4v) is 1.07. The Bertz CT molecular complexity index is 397. The van der Waals surface area contributed by atoms with E-state index in [0.717, 1.165) is 0 Å². The van der Waals surface area contributed by atoms with Gasteiger partial charge in [-0.25, -0.2) is 14.8 Å². The molecule has 0 bridgehead atoms. The molecule has 0 amide bonds. The van der Waals surface area contributed by atoms with Crippen LogP contribution >= 0.6 is 0 Å². The number of carboxylic acid groups (broad SMARTS) is 1. The Labute approximate surface area is 74.2 Å². The lowest BCUT2D eigenvalue weighted by Gasteiger charge is -1.81. The van der Waals surface area contributed by atoms with Crippen LogP contribution in [-0.4, -0.2) is 21.0 Å². The molecule has 0 saturated carbocycles. The van der Waals surface area contributed by atoms with Gasteiger partial charge >= 0.3 is 5.97 Å². The van der Waals surface area contributed by atoms with E-state index in [-0.39, 0.29) is 5.82 Å². The van der Waals surface area contributed by atoms with Gasteiger partial charge in [0.05, 0.1) is 11.4 Å². The SMILES string of the molecule is O=C(O)c1nc2cccccc-2n1. The summed E-state index contributed by atoms with van der Waals surface area (Å²) >= 11 is 0. The lowest BCUT2D eigenvalue weighted by Crippen LogP contribution is -1.97. The molecule has 1 heterocycles. The third-order valence-electron chi connectivity index (χ3n) is 1.64. The summed E-state index contributed by atoms with van der Waals surface area (Å²) in [5, 5.41) is 8.62. The molecule has 64 valence electrons. The molecule has 2 rings (SSSR count). The number of rotatable bonds is 1. The molecule has 0 fully saturated rings. The minimum Gasteiger partial charge on any atom is -0.475 e. The number of carbonyl (C=O) groups is 1. The predicted molar refractivity (Wildman–Crippen MR) is 45.6 cm³/mol. The Hall–Kier alpha value is -1.97. The number of fused-ring (bicyclic) bond motifs is 1. The summed E-state index contributed by atoms with van der Waals surface area (Å²) in [4.78, 5) is 18.2. The standard InChI is InChI=1S/C9H6N2O2/c12-9(13)8-10-6-4-2-1-3-5-7(6)11-8/h1-5H,(H,12,13). The molecule has 2 aliphatic rings. The molecule has 0 aromatic heterocycles. The average molecular weight is 174 g/mol. The summed E-state index contributed by atoms with van der Waals surface area (Å²) in [5.74, 6) is -1.25. The first kappa shape index (κ1) is 7.67. The van der Waals surface area contributed by atoms with Gasteiger partial charge in [0.1, 0.15) is 0 Å². The van der Waals surface area contributed by atoms with Gasteiger partial charge in [0, 0.05) is 0 Å². The maximum absolute atomic E-state index is 10.5. The molecule has 0 saturated heterocycles. The number of carboxylic acids is 1. The van der Waals surface area contributed by atoms with Gasteiger partial charge in [-0.1, -0.05) is 18.2 Å². The summed E-state index contributed by atoms with van der Waals surface area (Å²) in [7, 11) is 0. The van der Waals surface area contributed by atoms with Crippen molar-refractivity contribution in [3.8, 4) is 11.4 Å². The highest BCUT2D eigenvalue weighted by molar-refractivity contribution is 5.85. The summed E-state index contributed by atoms with van der Waals surface area (Å²) < 4.78 is 0. The van der Waals surface area contributed by atoms with Crippen molar-refractivity contribution in [2.24, 2.45) is 0 Å². The lowest BCUT2D eigenvalue weighted by molar-refractivity contribution is 0.0685. The zero-order valence-corrected chi connectivity index (χ0v) is 6.64. The highest BCUT2D eigenvalue weighted by atomic mass is 16.4. The molecule has 0 radical (unpaired) electrons. The van der Waals surface area contributed by atoms with E-state index in [9.17, 15) is 4.79 Å². The highest BCUT2D eigenvalue weighted by Crippen LogP contribution is 2.16. The number of aromatic carboxylic acids is 1. The van der Waals surface area contributed by atoms with Gasteiger partial charge in [-0.2, -0.15) is 0 Å². The Kier molecular flexibility index (Phi) is 1.66. The van der Waals surface area contributed by atoms with Gasteiger partial charge in [0.15, 0.2) is 0 Å². The highest BCUT2D eigenvalue weighted by Gasteiger charge is 2.13. The van der Waals surface area contributed by atoms with Gasteiger partial charge in [-0.05, 0) is 12.1 Å². The number of imidazole rings is 1. The minimum absolute atomic E-state index is 0.152. The number of aromatic nitrogens is 2. The Morgan fingerprint density at radius 3 is 2.08 bits per heavy atom. The van der Waals surface area contributed by atoms with E-state index in [2.05, 4.69) is 9.97 Å². The van der Waals surface area contributed by atoms with E-state index >= 15 is 0 Å². The van der Waals surface area contributed by atoms with E-state index in [0.29, 0.717) is 11.4 Å². The van der Waals surface area contributed by atoms with Crippen molar-refractivity contribution in [1.29, 1.82) is 0 Å². The summed E-state index contributed by atoms with van der Waals surface area (Å²) in [5.41, 5.74) is 1.20. The number of hydrogen-bond donors (Lipinski definition) is 1. The average Bonchev–Trinajstić information content (AvgIpc) is 2.38. The second-order valence-electron chi connectivity index (χ2n) is 2.53. The number of nitrogens with zero attached hydrogens (tertiary/aromatic N) is 2. The maximum atomic E-state index is 10.5. The zero-order valence-electron chi connectivity index (χ0n) is 6.64. The molecule has 0 aromatic rings. The minimum atomic E-state index is -1.10. The van der Waals surface area contributed by atoms with Gasteiger partial charge < -0.3 is 5.11 Å². The van der Waals surface area contributed by atoms with Crippen molar-refractivity contribution in [2.45, 2.75) is 0 Å². The first-order valence-corrected chi connectivity index (χ1v) is 3.73. The van der Waals surface area contributed by atoms with E-state index < -0.39 is 5.97 Å². The lowest BCUT2D eigenvalue weighted by atomic mass is 10.3. The molecule has 1 aliphatic carbocycles. The number of hydrogen-bond acceptors (Lipinski definition) is 3. The molecule has 0 atom stereocenters. The second kappa shape index (κ2) is 2.82. The molecule has 1 N–H and O–H groups in total. The molecule has 13 heavy (non-hydrogen) atoms. The van der Waals surface area contributed by atoms with E-state index in [1.54, 1.807) is 24.3 Å². The molecule has 0 unspecified atom stereocenters. The third-order valence-corrected chi connectivity index (χ3v) is 1.64. The molecular weight excluding hydrogens is 168 g/mol. The predicted octanol–water partition coefficient (Wildman–Crippen LogP) is 1.28. The van der Waals surface area contributed by atoms with Crippen LogP contribution in [0.2, 0.25) is 0 Å². The topological polar surface area (TPSA) is 63.1 Å². The van der Waals surface area contributed by atoms with Crippen molar-refractivity contribution in [1.82, 2.24) is 9.97 Å². The normalized spacial score (nSPS) is 10.2. The van der Waals surface area contributed by atoms with Crippen LogP contribution in [0.25, 0.3) is 11.4 Å². The van der Waals surface area contributed by atoms with Crippen molar-refractivity contribution < 1.29 is 9.90 Å². The van der Waals surface area contributed by atoms with Gasteiger partial charge in [-0.3, -0.25) is 0 Å². The van der Waals surface area contributed by atoms with Crippen LogP contribution in [0, 0.1) is 0 Å². The molecule has 0 spiro atoms. The molecule has 4 nitrogen and oxygen atoms in total. The fourth-order valence-electron chi connectivity index (χ4n) is 1.07. The molecule has 1 aliphatic heterocycles. The van der Waals surface area contributed by atoms with Crippen molar-refractivity contribution in [2.75, 3.05) is 0 Å². The van der Waals surface area contributed by atoms with Crippen LogP contribution < -0.4 is 0 Å². The smallest absolute Gasteiger partial charge is 0.373 e. The van der Waals surface area contributed by atoms with Crippen molar-refractivity contribution in [3.05, 3.63) is 36.2 Å². The van der Waals surface area contributed by atoms with Gasteiger partial charge in [0.25, 0.3) is 0 Å². The first-order valence-electron chi connectivity index (χ1n) is 3.73. The zero-order chi connectivity index (χ0) is 9.26. The van der Waals surface area contributed by atoms with Crippen LogP contribution in [-0.2, 0) is 0 Å². The summed E-state index contributed by atoms with van der Waals surface area (Å²) in [6.07, 6.45) is 0. The largest absolute Gasteiger partial charge is 0.475 e. The third kappa shape index (κ3) is 1.33. The van der Waals surface area contributed by atoms with Crippen LogP contribution in [0.1, 0.15) is 10.6 Å². The van der Waals surface area contributed by atoms with Crippen LogP contribution in [0.15, 0.2) is 30.3 Å². The van der Waals surface area contributed by atoms with Crippen molar-refractivity contribution >= 4 is 5.97 Å². The van der Waals surface area contributed by atoms with E-state index in [4.69, 9.17) is 5.11 Å². The molecule has 0 aromatic carbocycles. The second-order valence-corrected chi connectivity index (χ2v) is 2.53. The van der Waals surface area contributed by atoms with E-state index in [1.807, 2.05) is 6.07 Å². The Morgan fingerprint density at radius 2 is 1.62 bits per heavy atom. The fraction of sp³-hybridized carbons (Fsp3) is 0. The maximum Gasteiger partial charge on any atom is 0.373 e. The van der Waals surface area contributed by atoms with Crippen LogP contribution in [0.5, 0.6) is 0 Å². The van der Waals surface area contributed by atoms with Crippen LogP contribution in [0.3, 0.4) is 0 Å². The molecular formula is C9H6N2O2. The summed E-state index contributed by atoms with van der Waals surface area (Å²) in [6.45, 7) is 0. The van der Waals surface area contributed by atoms with Crippen LogP contribution in [0.4, 0.5) is 0 Å². The van der Waals surface area contributed by atoms with Gasteiger partial charge in [0.2, 0.25) is 5.82 Å². The first-order chi connectivity index (χ1) is 6.27. The monoisotopic (exact) mass is 174 g/mol.